The normalized spacial score (nSPS) is 10.3. The van der Waals surface area contributed by atoms with Gasteiger partial charge < -0.3 is 14.8 Å². The van der Waals surface area contributed by atoms with Crippen molar-refractivity contribution in [2.24, 2.45) is 0 Å². The van der Waals surface area contributed by atoms with Gasteiger partial charge in [-0.1, -0.05) is 12.1 Å². The first-order valence-corrected chi connectivity index (χ1v) is 10.2. The lowest BCUT2D eigenvalue weighted by atomic mass is 10.2. The summed E-state index contributed by atoms with van der Waals surface area (Å²) in [5.41, 5.74) is 1.79. The van der Waals surface area contributed by atoms with E-state index in [9.17, 15) is 4.79 Å². The Morgan fingerprint density at radius 3 is 2.46 bits per heavy atom. The van der Waals surface area contributed by atoms with E-state index in [2.05, 4.69) is 10.3 Å². The zero-order valence-corrected chi connectivity index (χ0v) is 16.4. The highest BCUT2D eigenvalue weighted by molar-refractivity contribution is 7.99. The first-order chi connectivity index (χ1) is 13.7. The minimum Gasteiger partial charge on any atom is -0.494 e. The highest BCUT2D eigenvalue weighted by Gasteiger charge is 2.09. The van der Waals surface area contributed by atoms with Crippen molar-refractivity contribution in [3.8, 4) is 17.2 Å². The molecule has 0 aliphatic carbocycles. The Morgan fingerprint density at radius 2 is 1.71 bits per heavy atom. The Morgan fingerprint density at radius 1 is 1.00 bits per heavy atom. The lowest BCUT2D eigenvalue weighted by molar-refractivity contribution is -0.113. The van der Waals surface area contributed by atoms with Gasteiger partial charge in [0, 0.05) is 18.1 Å². The lowest BCUT2D eigenvalue weighted by Crippen LogP contribution is -2.14. The molecule has 0 aliphatic heterocycles. The van der Waals surface area contributed by atoms with Crippen LogP contribution < -0.4 is 14.8 Å². The molecule has 0 spiro atoms. The molecule has 3 rings (SSSR count). The van der Waals surface area contributed by atoms with Gasteiger partial charge in [-0.25, -0.2) is 0 Å². The van der Waals surface area contributed by atoms with Gasteiger partial charge in [0.25, 0.3) is 0 Å². The minimum atomic E-state index is -0.0678. The summed E-state index contributed by atoms with van der Waals surface area (Å²) in [4.78, 5) is 16.3. The van der Waals surface area contributed by atoms with Gasteiger partial charge in [-0.15, -0.1) is 11.8 Å². The van der Waals surface area contributed by atoms with Gasteiger partial charge >= 0.3 is 0 Å². The second-order valence-electron chi connectivity index (χ2n) is 5.90. The van der Waals surface area contributed by atoms with Crippen LogP contribution in [0.4, 0.5) is 5.69 Å². The molecule has 2 aromatic carbocycles. The lowest BCUT2D eigenvalue weighted by Gasteiger charge is -2.12. The third-order valence-electron chi connectivity index (χ3n) is 3.77. The fourth-order valence-electron chi connectivity index (χ4n) is 2.48. The first kappa shape index (κ1) is 19.8. The smallest absolute Gasteiger partial charge is 0.234 e. The SMILES string of the molecule is CCOc1ccc(Oc2ccccc2NC(=O)CSCc2ccncc2)cc1. The van der Waals surface area contributed by atoms with Gasteiger partial charge in [-0.2, -0.15) is 0 Å². The second kappa shape index (κ2) is 10.4. The average Bonchev–Trinajstić information content (AvgIpc) is 2.72. The molecule has 1 heterocycles. The number of carbonyl (C=O) groups is 1. The Labute approximate surface area is 169 Å². The number of rotatable bonds is 9. The molecule has 0 aliphatic rings. The van der Waals surface area contributed by atoms with E-state index < -0.39 is 0 Å². The maximum absolute atomic E-state index is 12.3. The zero-order chi connectivity index (χ0) is 19.6. The van der Waals surface area contributed by atoms with Crippen molar-refractivity contribution >= 4 is 23.4 Å². The summed E-state index contributed by atoms with van der Waals surface area (Å²) in [6, 6.07) is 18.7. The largest absolute Gasteiger partial charge is 0.494 e. The molecule has 0 radical (unpaired) electrons. The number of carbonyl (C=O) groups excluding carboxylic acids is 1. The molecule has 0 fully saturated rings. The predicted molar refractivity (Wildman–Crippen MR) is 113 cm³/mol. The van der Waals surface area contributed by atoms with Crippen LogP contribution >= 0.6 is 11.8 Å². The van der Waals surface area contributed by atoms with E-state index in [0.717, 1.165) is 17.1 Å². The van der Waals surface area contributed by atoms with E-state index in [0.29, 0.717) is 29.5 Å². The molecule has 0 saturated heterocycles. The van der Waals surface area contributed by atoms with Crippen molar-refractivity contribution in [1.82, 2.24) is 4.98 Å². The van der Waals surface area contributed by atoms with Crippen LogP contribution in [0.5, 0.6) is 17.2 Å². The molecule has 0 atom stereocenters. The highest BCUT2D eigenvalue weighted by atomic mass is 32.2. The number of ether oxygens (including phenoxy) is 2. The molecule has 1 aromatic heterocycles. The van der Waals surface area contributed by atoms with Crippen LogP contribution in [0.3, 0.4) is 0 Å². The van der Waals surface area contributed by atoms with Crippen molar-refractivity contribution in [3.63, 3.8) is 0 Å². The summed E-state index contributed by atoms with van der Waals surface area (Å²) < 4.78 is 11.4. The standard InChI is InChI=1S/C22H22N2O3S/c1-2-26-18-7-9-19(10-8-18)27-21-6-4-3-5-20(21)24-22(25)16-28-15-17-11-13-23-14-12-17/h3-14H,2,15-16H2,1H3,(H,24,25). The average molecular weight is 394 g/mol. The molecule has 0 unspecified atom stereocenters. The third-order valence-corrected chi connectivity index (χ3v) is 4.78. The number of nitrogens with zero attached hydrogens (tertiary/aromatic N) is 1. The van der Waals surface area contributed by atoms with Gasteiger partial charge in [0.2, 0.25) is 5.91 Å². The van der Waals surface area contributed by atoms with Crippen molar-refractivity contribution in [1.29, 1.82) is 0 Å². The highest BCUT2D eigenvalue weighted by Crippen LogP contribution is 2.30. The molecular formula is C22H22N2O3S. The Bertz CT molecular complexity index is 886. The molecular weight excluding hydrogens is 372 g/mol. The molecule has 28 heavy (non-hydrogen) atoms. The fraction of sp³-hybridized carbons (Fsp3) is 0.182. The van der Waals surface area contributed by atoms with Crippen LogP contribution in [0.15, 0.2) is 73.1 Å². The fourth-order valence-corrected chi connectivity index (χ4v) is 3.27. The van der Waals surface area contributed by atoms with Crippen molar-refractivity contribution in [3.05, 3.63) is 78.6 Å². The van der Waals surface area contributed by atoms with E-state index in [1.165, 1.54) is 0 Å². The summed E-state index contributed by atoms with van der Waals surface area (Å²) in [5.74, 6) is 3.13. The Balaban J connectivity index is 1.56. The third kappa shape index (κ3) is 6.03. The van der Waals surface area contributed by atoms with Crippen molar-refractivity contribution < 1.29 is 14.3 Å². The van der Waals surface area contributed by atoms with Gasteiger partial charge in [-0.05, 0) is 61.0 Å². The Kier molecular flexibility index (Phi) is 7.32. The number of aromatic nitrogens is 1. The van der Waals surface area contributed by atoms with E-state index in [1.807, 2.05) is 67.6 Å². The van der Waals surface area contributed by atoms with Gasteiger partial charge in [-0.3, -0.25) is 9.78 Å². The molecule has 3 aromatic rings. The molecule has 5 nitrogen and oxygen atoms in total. The second-order valence-corrected chi connectivity index (χ2v) is 6.88. The van der Waals surface area contributed by atoms with Crippen LogP contribution in [0.1, 0.15) is 12.5 Å². The number of pyridine rings is 1. The van der Waals surface area contributed by atoms with Gasteiger partial charge in [0.1, 0.15) is 11.5 Å². The van der Waals surface area contributed by atoms with Crippen LogP contribution in [0, 0.1) is 0 Å². The summed E-state index contributed by atoms with van der Waals surface area (Å²) in [6.45, 7) is 2.56. The zero-order valence-electron chi connectivity index (χ0n) is 15.6. The summed E-state index contributed by atoms with van der Waals surface area (Å²) in [5, 5.41) is 2.93. The number of anilines is 1. The van der Waals surface area contributed by atoms with E-state index in [4.69, 9.17) is 9.47 Å². The number of amides is 1. The van der Waals surface area contributed by atoms with E-state index >= 15 is 0 Å². The molecule has 0 saturated carbocycles. The quantitative estimate of drug-likeness (QED) is 0.544. The maximum atomic E-state index is 12.3. The minimum absolute atomic E-state index is 0.0678. The Hall–Kier alpha value is -2.99. The summed E-state index contributed by atoms with van der Waals surface area (Å²) in [7, 11) is 0. The number of para-hydroxylation sites is 2. The van der Waals surface area contributed by atoms with Gasteiger partial charge in [0.05, 0.1) is 18.0 Å². The molecule has 1 amide bonds. The topological polar surface area (TPSA) is 60.5 Å². The number of thioether (sulfide) groups is 1. The van der Waals surface area contributed by atoms with Crippen molar-refractivity contribution in [2.45, 2.75) is 12.7 Å². The molecule has 0 bridgehead atoms. The number of hydrogen-bond acceptors (Lipinski definition) is 5. The van der Waals surface area contributed by atoms with Crippen LogP contribution in [-0.4, -0.2) is 23.3 Å². The van der Waals surface area contributed by atoms with Crippen molar-refractivity contribution in [2.75, 3.05) is 17.7 Å². The van der Waals surface area contributed by atoms with E-state index in [-0.39, 0.29) is 5.91 Å². The maximum Gasteiger partial charge on any atom is 0.234 e. The van der Waals surface area contributed by atoms with Crippen LogP contribution in [-0.2, 0) is 10.5 Å². The number of benzene rings is 2. The predicted octanol–water partition coefficient (Wildman–Crippen LogP) is 5.14. The molecule has 1 N–H and O–H groups in total. The molecule has 144 valence electrons. The summed E-state index contributed by atoms with van der Waals surface area (Å²) in [6.07, 6.45) is 3.51. The van der Waals surface area contributed by atoms with Gasteiger partial charge in [0.15, 0.2) is 5.75 Å². The van der Waals surface area contributed by atoms with E-state index in [1.54, 1.807) is 24.2 Å². The number of nitrogens with one attached hydrogen (secondary N) is 1. The summed E-state index contributed by atoms with van der Waals surface area (Å²) >= 11 is 1.56. The van der Waals surface area contributed by atoms with Crippen LogP contribution in [0.2, 0.25) is 0 Å². The first-order valence-electron chi connectivity index (χ1n) is 9.01. The number of hydrogen-bond donors (Lipinski definition) is 1. The van der Waals surface area contributed by atoms with Crippen LogP contribution in [0.25, 0.3) is 0 Å². The molecule has 6 heteroatoms. The monoisotopic (exact) mass is 394 g/mol.